The van der Waals surface area contributed by atoms with Crippen LogP contribution in [0, 0.1) is 0 Å². The lowest BCUT2D eigenvalue weighted by Crippen LogP contribution is -2.32. The Morgan fingerprint density at radius 1 is 1.56 bits per heavy atom. The van der Waals surface area contributed by atoms with E-state index in [9.17, 15) is 4.79 Å². The maximum Gasteiger partial charge on any atom is 0.253 e. The van der Waals surface area contributed by atoms with Crippen LogP contribution in [0.4, 0.5) is 5.69 Å². The molecule has 88 valence electrons. The molecular weight excluding hydrogens is 226 g/mol. The second-order valence-corrected chi connectivity index (χ2v) is 3.97. The fourth-order valence-corrected chi connectivity index (χ4v) is 1.44. The second-order valence-electron chi connectivity index (χ2n) is 3.57. The van der Waals surface area contributed by atoms with Gasteiger partial charge in [0.15, 0.2) is 0 Å². The van der Waals surface area contributed by atoms with E-state index in [1.165, 1.54) is 0 Å². The Labute approximate surface area is 100 Å². The maximum absolute atomic E-state index is 11.9. The molecule has 3 N–H and O–H groups in total. The molecular formula is C11H16ClN3O. The number of hydrogen-bond acceptors (Lipinski definition) is 3. The molecule has 1 rings (SSSR count). The van der Waals surface area contributed by atoms with Crippen molar-refractivity contribution in [3.05, 3.63) is 28.8 Å². The molecule has 0 atom stereocenters. The zero-order chi connectivity index (χ0) is 12.1. The summed E-state index contributed by atoms with van der Waals surface area (Å²) < 4.78 is 0. The number of anilines is 1. The third-order valence-electron chi connectivity index (χ3n) is 2.29. The third kappa shape index (κ3) is 3.12. The number of nitrogen functional groups attached to an aromatic ring is 1. The van der Waals surface area contributed by atoms with Gasteiger partial charge in [0.05, 0.1) is 10.7 Å². The highest BCUT2D eigenvalue weighted by Gasteiger charge is 2.11. The van der Waals surface area contributed by atoms with Crippen LogP contribution in [0.2, 0.25) is 5.02 Å². The minimum atomic E-state index is -0.0582. The van der Waals surface area contributed by atoms with Crippen molar-refractivity contribution in [1.82, 2.24) is 10.2 Å². The predicted octanol–water partition coefficient (Wildman–Crippen LogP) is 1.21. The van der Waals surface area contributed by atoms with Crippen LogP contribution < -0.4 is 11.1 Å². The molecule has 1 amide bonds. The van der Waals surface area contributed by atoms with Crippen molar-refractivity contribution < 1.29 is 4.79 Å². The number of carbonyl (C=O) groups is 1. The van der Waals surface area contributed by atoms with Crippen molar-refractivity contribution in [2.75, 3.05) is 32.9 Å². The summed E-state index contributed by atoms with van der Waals surface area (Å²) in [7, 11) is 3.60. The summed E-state index contributed by atoms with van der Waals surface area (Å²) in [5.74, 6) is -0.0582. The van der Waals surface area contributed by atoms with E-state index >= 15 is 0 Å². The number of likely N-dealkylation sites (N-methyl/N-ethyl adjacent to an activating group) is 2. The van der Waals surface area contributed by atoms with Crippen LogP contribution in [0.15, 0.2) is 18.2 Å². The minimum absolute atomic E-state index is 0.0582. The monoisotopic (exact) mass is 241 g/mol. The number of nitrogens with one attached hydrogen (secondary N) is 1. The lowest BCUT2D eigenvalue weighted by molar-refractivity contribution is 0.0797. The number of hydrogen-bond donors (Lipinski definition) is 2. The zero-order valence-electron chi connectivity index (χ0n) is 9.46. The highest BCUT2D eigenvalue weighted by Crippen LogP contribution is 2.20. The molecule has 0 saturated carbocycles. The molecule has 4 nitrogen and oxygen atoms in total. The molecule has 0 spiro atoms. The number of carbonyl (C=O) groups excluding carboxylic acids is 1. The quantitative estimate of drug-likeness (QED) is 0.780. The van der Waals surface area contributed by atoms with Crippen LogP contribution in [-0.2, 0) is 0 Å². The van der Waals surface area contributed by atoms with E-state index in [1.807, 2.05) is 7.05 Å². The van der Waals surface area contributed by atoms with Gasteiger partial charge in [-0.2, -0.15) is 0 Å². The molecule has 0 saturated heterocycles. The van der Waals surface area contributed by atoms with Gasteiger partial charge in [0, 0.05) is 25.7 Å². The fourth-order valence-electron chi connectivity index (χ4n) is 1.26. The number of nitrogens with zero attached hydrogens (tertiary/aromatic N) is 1. The van der Waals surface area contributed by atoms with Crippen LogP contribution >= 0.6 is 11.6 Å². The molecule has 0 fully saturated rings. The van der Waals surface area contributed by atoms with Gasteiger partial charge in [0.2, 0.25) is 0 Å². The first-order valence-electron chi connectivity index (χ1n) is 5.01. The number of nitrogens with two attached hydrogens (primary N) is 1. The number of benzene rings is 1. The molecule has 0 aliphatic carbocycles. The SMILES string of the molecule is CNCCN(C)C(=O)c1ccc(N)c(Cl)c1. The Bertz CT molecular complexity index is 381. The summed E-state index contributed by atoms with van der Waals surface area (Å²) in [5, 5.41) is 3.40. The van der Waals surface area contributed by atoms with Crippen molar-refractivity contribution in [2.24, 2.45) is 0 Å². The van der Waals surface area contributed by atoms with Gasteiger partial charge >= 0.3 is 0 Å². The first-order chi connectivity index (χ1) is 7.56. The van der Waals surface area contributed by atoms with Crippen LogP contribution in [0.3, 0.4) is 0 Å². The molecule has 0 unspecified atom stereocenters. The Hall–Kier alpha value is -1.26. The minimum Gasteiger partial charge on any atom is -0.398 e. The molecule has 0 aliphatic heterocycles. The van der Waals surface area contributed by atoms with Crippen LogP contribution in [0.5, 0.6) is 0 Å². The van der Waals surface area contributed by atoms with E-state index in [1.54, 1.807) is 30.1 Å². The molecule has 0 aromatic heterocycles. The van der Waals surface area contributed by atoms with Crippen LogP contribution in [-0.4, -0.2) is 38.0 Å². The van der Waals surface area contributed by atoms with E-state index in [4.69, 9.17) is 17.3 Å². The summed E-state index contributed by atoms with van der Waals surface area (Å²) in [4.78, 5) is 13.5. The summed E-state index contributed by atoms with van der Waals surface area (Å²) >= 11 is 5.86. The number of rotatable bonds is 4. The third-order valence-corrected chi connectivity index (χ3v) is 2.62. The molecule has 0 bridgehead atoms. The van der Waals surface area contributed by atoms with Crippen molar-refractivity contribution >= 4 is 23.2 Å². The summed E-state index contributed by atoms with van der Waals surface area (Å²) in [6.07, 6.45) is 0. The van der Waals surface area contributed by atoms with Gasteiger partial charge in [-0.15, -0.1) is 0 Å². The van der Waals surface area contributed by atoms with Gasteiger partial charge in [-0.1, -0.05) is 11.6 Å². The van der Waals surface area contributed by atoms with Gasteiger partial charge in [-0.3, -0.25) is 4.79 Å². The topological polar surface area (TPSA) is 58.4 Å². The second kappa shape index (κ2) is 5.72. The number of halogens is 1. The molecule has 0 aliphatic rings. The molecule has 5 heteroatoms. The van der Waals surface area contributed by atoms with E-state index in [0.717, 1.165) is 6.54 Å². The molecule has 1 aromatic rings. The Kier molecular flexibility index (Phi) is 4.58. The average molecular weight is 242 g/mol. The lowest BCUT2D eigenvalue weighted by Gasteiger charge is -2.17. The summed E-state index contributed by atoms with van der Waals surface area (Å²) in [6, 6.07) is 4.91. The summed E-state index contributed by atoms with van der Waals surface area (Å²) in [5.41, 5.74) is 6.61. The molecule has 1 aromatic carbocycles. The predicted molar refractivity (Wildman–Crippen MR) is 66.8 cm³/mol. The maximum atomic E-state index is 11.9. The molecule has 0 radical (unpaired) electrons. The largest absolute Gasteiger partial charge is 0.398 e. The van der Waals surface area contributed by atoms with Gasteiger partial charge in [-0.25, -0.2) is 0 Å². The fraction of sp³-hybridized carbons (Fsp3) is 0.364. The number of amides is 1. The van der Waals surface area contributed by atoms with E-state index in [2.05, 4.69) is 5.32 Å². The van der Waals surface area contributed by atoms with Gasteiger partial charge in [-0.05, 0) is 25.2 Å². The standard InChI is InChI=1S/C11H16ClN3O/c1-14-5-6-15(2)11(16)8-3-4-10(13)9(12)7-8/h3-4,7,14H,5-6,13H2,1-2H3. The van der Waals surface area contributed by atoms with Crippen LogP contribution in [0.1, 0.15) is 10.4 Å². The molecule has 16 heavy (non-hydrogen) atoms. The van der Waals surface area contributed by atoms with Gasteiger partial charge in [0.25, 0.3) is 5.91 Å². The van der Waals surface area contributed by atoms with Crippen molar-refractivity contribution in [3.63, 3.8) is 0 Å². The van der Waals surface area contributed by atoms with E-state index < -0.39 is 0 Å². The highest BCUT2D eigenvalue weighted by molar-refractivity contribution is 6.33. The van der Waals surface area contributed by atoms with E-state index in [-0.39, 0.29) is 5.91 Å². The zero-order valence-corrected chi connectivity index (χ0v) is 10.2. The smallest absolute Gasteiger partial charge is 0.253 e. The molecule has 0 heterocycles. The van der Waals surface area contributed by atoms with Crippen molar-refractivity contribution in [2.45, 2.75) is 0 Å². The Balaban J connectivity index is 2.76. The Morgan fingerprint density at radius 3 is 2.81 bits per heavy atom. The first kappa shape index (κ1) is 12.8. The average Bonchev–Trinajstić information content (AvgIpc) is 2.28. The van der Waals surface area contributed by atoms with Crippen LogP contribution in [0.25, 0.3) is 0 Å². The lowest BCUT2D eigenvalue weighted by atomic mass is 10.2. The van der Waals surface area contributed by atoms with Gasteiger partial charge < -0.3 is 16.0 Å². The Morgan fingerprint density at radius 2 is 2.25 bits per heavy atom. The van der Waals surface area contributed by atoms with E-state index in [0.29, 0.717) is 22.8 Å². The first-order valence-corrected chi connectivity index (χ1v) is 5.39. The highest BCUT2D eigenvalue weighted by atomic mass is 35.5. The normalized spacial score (nSPS) is 10.2. The van der Waals surface area contributed by atoms with Crippen molar-refractivity contribution in [1.29, 1.82) is 0 Å². The van der Waals surface area contributed by atoms with Gasteiger partial charge in [0.1, 0.15) is 0 Å². The summed E-state index contributed by atoms with van der Waals surface area (Å²) in [6.45, 7) is 1.41. The van der Waals surface area contributed by atoms with Crippen molar-refractivity contribution in [3.8, 4) is 0 Å².